The van der Waals surface area contributed by atoms with Crippen LogP contribution in [0.3, 0.4) is 0 Å². The maximum Gasteiger partial charge on any atom is 0.219 e. The molecule has 0 radical (unpaired) electrons. The van der Waals surface area contributed by atoms with E-state index in [-0.39, 0.29) is 30.7 Å². The topological polar surface area (TPSA) is 32.3 Å². The highest BCUT2D eigenvalue weighted by Crippen LogP contribution is 2.21. The van der Waals surface area contributed by atoms with Crippen LogP contribution in [0.15, 0.2) is 0 Å². The fraction of sp³-hybridized carbons (Fsp3) is 0.875. The summed E-state index contributed by atoms with van der Waals surface area (Å²) in [6.45, 7) is 3.60. The first kappa shape index (κ1) is 13.0. The van der Waals surface area contributed by atoms with Gasteiger partial charge in [0.15, 0.2) is 0 Å². The number of rotatable bonds is 0. The van der Waals surface area contributed by atoms with Crippen LogP contribution in [0.4, 0.5) is 0 Å². The van der Waals surface area contributed by atoms with Crippen LogP contribution in [0.25, 0.3) is 0 Å². The summed E-state index contributed by atoms with van der Waals surface area (Å²) in [7, 11) is 0. The van der Waals surface area contributed by atoms with Gasteiger partial charge in [-0.05, 0) is 12.8 Å². The monoisotopic (exact) mass is 226 g/mol. The molecule has 1 amide bonds. The SMILES string of the molecule is CC(=O)N1CC2CCC1CN2.Cl.Cl. The molecule has 78 valence electrons. The van der Waals surface area contributed by atoms with Gasteiger partial charge < -0.3 is 10.2 Å². The van der Waals surface area contributed by atoms with Crippen LogP contribution in [0.5, 0.6) is 0 Å². The Bertz CT molecular complexity index is 181. The largest absolute Gasteiger partial charge is 0.337 e. The Kier molecular flexibility index (Phi) is 5.04. The summed E-state index contributed by atoms with van der Waals surface area (Å²) in [6.07, 6.45) is 2.44. The molecule has 13 heavy (non-hydrogen) atoms. The number of hydrogen-bond acceptors (Lipinski definition) is 2. The number of carbonyl (C=O) groups is 1. The quantitative estimate of drug-likeness (QED) is 0.664. The van der Waals surface area contributed by atoms with Crippen molar-refractivity contribution in [3.8, 4) is 0 Å². The molecule has 2 unspecified atom stereocenters. The lowest BCUT2D eigenvalue weighted by Gasteiger charge is -2.45. The predicted octanol–water partition coefficient (Wildman–Crippen LogP) is 0.813. The van der Waals surface area contributed by atoms with Gasteiger partial charge in [-0.1, -0.05) is 0 Å². The Morgan fingerprint density at radius 3 is 2.31 bits per heavy atom. The molecule has 0 aromatic carbocycles. The Hall–Kier alpha value is 0.01000. The summed E-state index contributed by atoms with van der Waals surface area (Å²) in [4.78, 5) is 13.1. The second kappa shape index (κ2) is 5.03. The fourth-order valence-corrected chi connectivity index (χ4v) is 2.09. The third-order valence-electron chi connectivity index (χ3n) is 2.75. The summed E-state index contributed by atoms with van der Waals surface area (Å²) in [5, 5.41) is 3.41. The van der Waals surface area contributed by atoms with E-state index in [1.807, 2.05) is 4.90 Å². The molecular weight excluding hydrogens is 211 g/mol. The van der Waals surface area contributed by atoms with Crippen molar-refractivity contribution in [2.45, 2.75) is 31.8 Å². The Labute approximate surface area is 91.1 Å². The zero-order valence-electron chi connectivity index (χ0n) is 7.66. The predicted molar refractivity (Wildman–Crippen MR) is 56.7 cm³/mol. The standard InChI is InChI=1S/C8H14N2O.2ClH/c1-6(11)10-5-7-2-3-8(10)4-9-7;;/h7-9H,2-5H2,1H3;2*1H. The van der Waals surface area contributed by atoms with E-state index in [0.29, 0.717) is 12.1 Å². The van der Waals surface area contributed by atoms with E-state index < -0.39 is 0 Å². The molecule has 3 aliphatic heterocycles. The molecule has 2 atom stereocenters. The maximum atomic E-state index is 11.1. The second-order valence-electron chi connectivity index (χ2n) is 3.51. The zero-order valence-corrected chi connectivity index (χ0v) is 9.29. The summed E-state index contributed by atoms with van der Waals surface area (Å²) >= 11 is 0. The summed E-state index contributed by atoms with van der Waals surface area (Å²) in [5.41, 5.74) is 0. The molecular formula is C8H16Cl2N2O. The van der Waals surface area contributed by atoms with E-state index in [9.17, 15) is 4.79 Å². The van der Waals surface area contributed by atoms with Crippen molar-refractivity contribution in [3.05, 3.63) is 0 Å². The lowest BCUT2D eigenvalue weighted by atomic mass is 9.93. The van der Waals surface area contributed by atoms with Crippen molar-refractivity contribution in [2.75, 3.05) is 13.1 Å². The number of nitrogens with one attached hydrogen (secondary N) is 1. The molecule has 0 saturated carbocycles. The van der Waals surface area contributed by atoms with Gasteiger partial charge in [0.05, 0.1) is 0 Å². The van der Waals surface area contributed by atoms with Crippen LogP contribution in [0, 0.1) is 0 Å². The van der Waals surface area contributed by atoms with Crippen molar-refractivity contribution in [3.63, 3.8) is 0 Å². The van der Waals surface area contributed by atoms with Crippen molar-refractivity contribution in [2.24, 2.45) is 0 Å². The average molecular weight is 227 g/mol. The van der Waals surface area contributed by atoms with Gasteiger partial charge in [-0.25, -0.2) is 0 Å². The van der Waals surface area contributed by atoms with Gasteiger partial charge in [-0.2, -0.15) is 0 Å². The van der Waals surface area contributed by atoms with Gasteiger partial charge in [0.25, 0.3) is 0 Å². The van der Waals surface area contributed by atoms with Crippen molar-refractivity contribution in [1.82, 2.24) is 10.2 Å². The van der Waals surface area contributed by atoms with E-state index in [1.165, 1.54) is 12.8 Å². The number of hydrogen-bond donors (Lipinski definition) is 1. The van der Waals surface area contributed by atoms with E-state index in [0.717, 1.165) is 13.1 Å². The minimum Gasteiger partial charge on any atom is -0.337 e. The minimum atomic E-state index is 0. The Morgan fingerprint density at radius 1 is 1.38 bits per heavy atom. The van der Waals surface area contributed by atoms with Crippen LogP contribution >= 0.6 is 24.8 Å². The van der Waals surface area contributed by atoms with Gasteiger partial charge in [0, 0.05) is 32.1 Å². The fourth-order valence-electron chi connectivity index (χ4n) is 2.09. The van der Waals surface area contributed by atoms with Gasteiger partial charge in [-0.3, -0.25) is 4.79 Å². The van der Waals surface area contributed by atoms with Crippen molar-refractivity contribution < 1.29 is 4.79 Å². The highest BCUT2D eigenvalue weighted by Gasteiger charge is 2.34. The lowest BCUT2D eigenvalue weighted by Crippen LogP contribution is -2.62. The number of amides is 1. The first-order valence-corrected chi connectivity index (χ1v) is 4.28. The Balaban J connectivity index is 0.000000720. The first-order valence-electron chi connectivity index (χ1n) is 4.28. The van der Waals surface area contributed by atoms with Crippen LogP contribution in [-0.2, 0) is 4.79 Å². The van der Waals surface area contributed by atoms with Crippen molar-refractivity contribution in [1.29, 1.82) is 0 Å². The molecule has 3 heterocycles. The number of carbonyl (C=O) groups excluding carboxylic acids is 1. The maximum absolute atomic E-state index is 11.1. The molecule has 5 heteroatoms. The molecule has 0 aromatic rings. The lowest BCUT2D eigenvalue weighted by molar-refractivity contribution is -0.134. The van der Waals surface area contributed by atoms with Crippen LogP contribution in [0.2, 0.25) is 0 Å². The van der Waals surface area contributed by atoms with Crippen LogP contribution in [-0.4, -0.2) is 36.0 Å². The molecule has 2 bridgehead atoms. The molecule has 3 saturated heterocycles. The highest BCUT2D eigenvalue weighted by molar-refractivity contribution is 5.85. The summed E-state index contributed by atoms with van der Waals surface area (Å²) < 4.78 is 0. The molecule has 3 nitrogen and oxygen atoms in total. The molecule has 0 aromatic heterocycles. The normalized spacial score (nSPS) is 30.4. The minimum absolute atomic E-state index is 0. The molecule has 3 fully saturated rings. The summed E-state index contributed by atoms with van der Waals surface area (Å²) in [5.74, 6) is 0.237. The smallest absolute Gasteiger partial charge is 0.219 e. The third kappa shape index (κ3) is 2.48. The van der Waals surface area contributed by atoms with Gasteiger partial charge in [0.1, 0.15) is 0 Å². The number of nitrogens with zero attached hydrogens (tertiary/aromatic N) is 1. The number of halogens is 2. The van der Waals surface area contributed by atoms with Gasteiger partial charge >= 0.3 is 0 Å². The van der Waals surface area contributed by atoms with Gasteiger partial charge in [-0.15, -0.1) is 24.8 Å². The van der Waals surface area contributed by atoms with Crippen LogP contribution in [0.1, 0.15) is 19.8 Å². The number of piperazine rings is 1. The van der Waals surface area contributed by atoms with E-state index in [2.05, 4.69) is 5.32 Å². The van der Waals surface area contributed by atoms with E-state index in [4.69, 9.17) is 0 Å². The number of fused-ring (bicyclic) bond motifs is 3. The van der Waals surface area contributed by atoms with Crippen molar-refractivity contribution >= 4 is 30.7 Å². The molecule has 3 aliphatic rings. The molecule has 3 rings (SSSR count). The Morgan fingerprint density at radius 2 is 2.08 bits per heavy atom. The molecule has 0 spiro atoms. The summed E-state index contributed by atoms with van der Waals surface area (Å²) in [6, 6.07) is 1.06. The first-order chi connectivity index (χ1) is 5.27. The third-order valence-corrected chi connectivity index (χ3v) is 2.75. The average Bonchev–Trinajstić information content (AvgIpc) is 2.06. The molecule has 0 aliphatic carbocycles. The highest BCUT2D eigenvalue weighted by atomic mass is 35.5. The number of piperidine rings is 2. The van der Waals surface area contributed by atoms with Crippen LogP contribution < -0.4 is 5.32 Å². The molecule has 1 N–H and O–H groups in total. The van der Waals surface area contributed by atoms with Gasteiger partial charge in [0.2, 0.25) is 5.91 Å². The zero-order chi connectivity index (χ0) is 7.84. The van der Waals surface area contributed by atoms with E-state index >= 15 is 0 Å². The van der Waals surface area contributed by atoms with E-state index in [1.54, 1.807) is 6.92 Å². The second-order valence-corrected chi connectivity index (χ2v) is 3.51.